The monoisotopic (exact) mass is 348 g/mol. The Morgan fingerprint density at radius 2 is 2.12 bits per heavy atom. The number of amides is 1. The van der Waals surface area contributed by atoms with E-state index in [0.29, 0.717) is 26.1 Å². The number of likely N-dealkylation sites (N-methyl/N-ethyl adjacent to an activating group) is 1. The first-order valence-electron chi connectivity index (χ1n) is 8.98. The fourth-order valence-electron chi connectivity index (χ4n) is 3.04. The zero-order chi connectivity index (χ0) is 18.2. The van der Waals surface area contributed by atoms with Crippen LogP contribution in [0, 0.1) is 5.92 Å². The van der Waals surface area contributed by atoms with Crippen LogP contribution >= 0.6 is 0 Å². The molecule has 25 heavy (non-hydrogen) atoms. The number of likely N-dealkylation sites (tertiary alicyclic amines) is 1. The summed E-state index contributed by atoms with van der Waals surface area (Å²) in [6.07, 6.45) is 0.815. The van der Waals surface area contributed by atoms with E-state index >= 15 is 0 Å². The summed E-state index contributed by atoms with van der Waals surface area (Å²) in [6, 6.07) is 7.89. The molecule has 1 saturated heterocycles. The molecule has 1 N–H and O–H groups in total. The van der Waals surface area contributed by atoms with Gasteiger partial charge in [-0.05, 0) is 37.2 Å². The number of carbonyl (C=O) groups is 2. The summed E-state index contributed by atoms with van der Waals surface area (Å²) in [7, 11) is 0. The summed E-state index contributed by atoms with van der Waals surface area (Å²) < 4.78 is 5.82. The Labute approximate surface area is 149 Å². The van der Waals surface area contributed by atoms with Gasteiger partial charge in [0.05, 0.1) is 5.92 Å². The minimum atomic E-state index is -0.889. The summed E-state index contributed by atoms with van der Waals surface area (Å²) in [5, 5.41) is 9.03. The number of aliphatic carboxylic acids is 1. The molecule has 1 amide bonds. The number of carboxylic acids is 1. The number of ether oxygens (including phenoxy) is 1. The summed E-state index contributed by atoms with van der Waals surface area (Å²) in [6.45, 7) is 8.71. The number of hydrogen-bond donors (Lipinski definition) is 1. The van der Waals surface area contributed by atoms with Gasteiger partial charge in [-0.25, -0.2) is 0 Å². The number of nitrogens with zero attached hydrogens (tertiary/aromatic N) is 2. The first-order chi connectivity index (χ1) is 12.0. The average Bonchev–Trinajstić information content (AvgIpc) is 2.98. The molecule has 1 aromatic rings. The van der Waals surface area contributed by atoms with Gasteiger partial charge in [-0.15, -0.1) is 0 Å². The van der Waals surface area contributed by atoms with Gasteiger partial charge in [0, 0.05) is 26.1 Å². The molecule has 1 aromatic carbocycles. The number of carboxylic acid groups (broad SMARTS) is 1. The van der Waals surface area contributed by atoms with Crippen molar-refractivity contribution in [3.8, 4) is 5.75 Å². The maximum Gasteiger partial charge on any atom is 0.308 e. The van der Waals surface area contributed by atoms with Crippen LogP contribution in [0.5, 0.6) is 5.75 Å². The molecule has 1 aliphatic rings. The Kier molecular flexibility index (Phi) is 7.25. The lowest BCUT2D eigenvalue weighted by Gasteiger charge is -2.18. The van der Waals surface area contributed by atoms with E-state index in [2.05, 4.69) is 18.7 Å². The molecular formula is C19H28N2O4. The third-order valence-electron chi connectivity index (χ3n) is 4.70. The number of rotatable bonds is 10. The summed E-state index contributed by atoms with van der Waals surface area (Å²) in [4.78, 5) is 26.8. The highest BCUT2D eigenvalue weighted by Crippen LogP contribution is 2.19. The molecule has 6 heteroatoms. The van der Waals surface area contributed by atoms with Crippen LogP contribution in [-0.2, 0) is 16.0 Å². The van der Waals surface area contributed by atoms with Crippen LogP contribution in [0.15, 0.2) is 24.3 Å². The highest BCUT2D eigenvalue weighted by atomic mass is 16.5. The molecule has 0 aliphatic carbocycles. The smallest absolute Gasteiger partial charge is 0.308 e. The SMILES string of the molecule is CCN(CC)CCOc1cccc(CCN2CC(C(=O)O)CC2=O)c1. The van der Waals surface area contributed by atoms with E-state index in [1.807, 2.05) is 24.3 Å². The molecule has 0 spiro atoms. The van der Waals surface area contributed by atoms with Gasteiger partial charge in [-0.3, -0.25) is 9.59 Å². The lowest BCUT2D eigenvalue weighted by Crippen LogP contribution is -2.28. The van der Waals surface area contributed by atoms with Crippen molar-refractivity contribution in [2.45, 2.75) is 26.7 Å². The predicted molar refractivity (Wildman–Crippen MR) is 95.8 cm³/mol. The molecule has 0 saturated carbocycles. The standard InChI is InChI=1S/C19H28N2O4/c1-3-20(4-2)10-11-25-17-7-5-6-15(12-17)8-9-21-14-16(19(23)24)13-18(21)22/h5-7,12,16H,3-4,8-11,13-14H2,1-2H3,(H,23,24). The van der Waals surface area contributed by atoms with Crippen molar-refractivity contribution in [2.75, 3.05) is 39.3 Å². The van der Waals surface area contributed by atoms with Gasteiger partial charge in [0.15, 0.2) is 0 Å². The van der Waals surface area contributed by atoms with E-state index in [1.54, 1.807) is 4.90 Å². The van der Waals surface area contributed by atoms with E-state index in [-0.39, 0.29) is 12.3 Å². The van der Waals surface area contributed by atoms with E-state index in [4.69, 9.17) is 9.84 Å². The molecule has 0 aromatic heterocycles. The van der Waals surface area contributed by atoms with Crippen molar-refractivity contribution in [1.29, 1.82) is 0 Å². The zero-order valence-electron chi connectivity index (χ0n) is 15.1. The van der Waals surface area contributed by atoms with Gasteiger partial charge >= 0.3 is 5.97 Å². The molecule has 1 heterocycles. The fourth-order valence-corrected chi connectivity index (χ4v) is 3.04. The minimum Gasteiger partial charge on any atom is -0.492 e. The third kappa shape index (κ3) is 5.74. The lowest BCUT2D eigenvalue weighted by molar-refractivity contribution is -0.141. The second-order valence-electron chi connectivity index (χ2n) is 6.35. The van der Waals surface area contributed by atoms with Crippen molar-refractivity contribution in [3.63, 3.8) is 0 Å². The third-order valence-corrected chi connectivity index (χ3v) is 4.70. The van der Waals surface area contributed by atoms with Crippen molar-refractivity contribution in [3.05, 3.63) is 29.8 Å². The molecular weight excluding hydrogens is 320 g/mol. The van der Waals surface area contributed by atoms with Gasteiger partial charge in [0.25, 0.3) is 0 Å². The highest BCUT2D eigenvalue weighted by molar-refractivity contribution is 5.86. The van der Waals surface area contributed by atoms with Crippen LogP contribution in [0.25, 0.3) is 0 Å². The van der Waals surface area contributed by atoms with Gasteiger partial charge in [-0.1, -0.05) is 26.0 Å². The van der Waals surface area contributed by atoms with Crippen LogP contribution in [0.3, 0.4) is 0 Å². The molecule has 1 unspecified atom stereocenters. The Hall–Kier alpha value is -2.08. The molecule has 1 atom stereocenters. The second-order valence-corrected chi connectivity index (χ2v) is 6.35. The molecule has 0 radical (unpaired) electrons. The molecule has 1 fully saturated rings. The minimum absolute atomic E-state index is 0.0703. The van der Waals surface area contributed by atoms with Crippen LogP contribution in [-0.4, -0.2) is 66.1 Å². The maximum absolute atomic E-state index is 11.9. The molecule has 138 valence electrons. The number of carbonyl (C=O) groups excluding carboxylic acids is 1. The van der Waals surface area contributed by atoms with Crippen LogP contribution < -0.4 is 4.74 Å². The topological polar surface area (TPSA) is 70.1 Å². The fraction of sp³-hybridized carbons (Fsp3) is 0.579. The van der Waals surface area contributed by atoms with Gasteiger partial charge in [0.1, 0.15) is 12.4 Å². The van der Waals surface area contributed by atoms with Crippen molar-refractivity contribution in [2.24, 2.45) is 5.92 Å². The van der Waals surface area contributed by atoms with Crippen molar-refractivity contribution >= 4 is 11.9 Å². The van der Waals surface area contributed by atoms with Crippen molar-refractivity contribution in [1.82, 2.24) is 9.80 Å². The van der Waals surface area contributed by atoms with E-state index < -0.39 is 11.9 Å². The Bertz CT molecular complexity index is 587. The maximum atomic E-state index is 11.9. The average molecular weight is 348 g/mol. The first kappa shape index (κ1) is 19.2. The van der Waals surface area contributed by atoms with E-state index in [1.165, 1.54) is 0 Å². The van der Waals surface area contributed by atoms with E-state index in [9.17, 15) is 9.59 Å². The van der Waals surface area contributed by atoms with Gasteiger partial charge in [0.2, 0.25) is 5.91 Å². The Morgan fingerprint density at radius 1 is 1.36 bits per heavy atom. The van der Waals surface area contributed by atoms with Crippen LogP contribution in [0.2, 0.25) is 0 Å². The Balaban J connectivity index is 1.81. The summed E-state index contributed by atoms with van der Waals surface area (Å²) in [5.74, 6) is -0.693. The second kappa shape index (κ2) is 9.42. The summed E-state index contributed by atoms with van der Waals surface area (Å²) >= 11 is 0. The van der Waals surface area contributed by atoms with Crippen LogP contribution in [0.4, 0.5) is 0 Å². The number of hydrogen-bond acceptors (Lipinski definition) is 4. The largest absolute Gasteiger partial charge is 0.492 e. The summed E-state index contributed by atoms with van der Waals surface area (Å²) in [5.41, 5.74) is 1.09. The predicted octanol–water partition coefficient (Wildman–Crippen LogP) is 1.88. The van der Waals surface area contributed by atoms with Crippen molar-refractivity contribution < 1.29 is 19.4 Å². The lowest BCUT2D eigenvalue weighted by atomic mass is 10.1. The highest BCUT2D eigenvalue weighted by Gasteiger charge is 2.33. The normalized spacial score (nSPS) is 17.3. The van der Waals surface area contributed by atoms with Gasteiger partial charge in [-0.2, -0.15) is 0 Å². The molecule has 6 nitrogen and oxygen atoms in total. The van der Waals surface area contributed by atoms with Gasteiger partial charge < -0.3 is 19.6 Å². The molecule has 0 bridgehead atoms. The Morgan fingerprint density at radius 3 is 2.76 bits per heavy atom. The first-order valence-corrected chi connectivity index (χ1v) is 8.98. The molecule has 2 rings (SSSR count). The molecule has 1 aliphatic heterocycles. The zero-order valence-corrected chi connectivity index (χ0v) is 15.1. The number of benzene rings is 1. The van der Waals surface area contributed by atoms with Crippen LogP contribution in [0.1, 0.15) is 25.8 Å². The quantitative estimate of drug-likeness (QED) is 0.699. The van der Waals surface area contributed by atoms with E-state index in [0.717, 1.165) is 30.9 Å².